The van der Waals surface area contributed by atoms with Gasteiger partial charge in [-0.3, -0.25) is 33.6 Å². The first-order chi connectivity index (χ1) is 33.1. The van der Waals surface area contributed by atoms with Crippen molar-refractivity contribution < 1.29 is 38.3 Å². The highest BCUT2D eigenvalue weighted by molar-refractivity contribution is 7.09. The molecule has 2 aliphatic heterocycles. The number of rotatable bonds is 23. The van der Waals surface area contributed by atoms with Crippen LogP contribution in [0, 0.1) is 30.1 Å². The highest BCUT2D eigenvalue weighted by Gasteiger charge is 2.47. The van der Waals surface area contributed by atoms with Crippen molar-refractivity contribution in [2.24, 2.45) is 17.8 Å². The summed E-state index contributed by atoms with van der Waals surface area (Å²) in [4.78, 5) is 116. The van der Waals surface area contributed by atoms with Crippen LogP contribution in [0.1, 0.15) is 123 Å². The Balaban J connectivity index is 1.55. The number of benzene rings is 1. The summed E-state index contributed by atoms with van der Waals surface area (Å²) in [5.74, 6) is -0.268. The third-order valence-corrected chi connectivity index (χ3v) is 15.1. The molecule has 4 rings (SSSR count). The molecule has 16 nitrogen and oxygen atoms in total. The zero-order valence-corrected chi connectivity index (χ0v) is 44.9. The molecule has 7 atom stereocenters. The number of aromatic nitrogens is 1. The Kier molecular flexibility index (Phi) is 21.3. The van der Waals surface area contributed by atoms with Gasteiger partial charge in [-0.15, -0.1) is 23.7 Å². The van der Waals surface area contributed by atoms with Gasteiger partial charge in [-0.05, 0) is 80.9 Å². The van der Waals surface area contributed by atoms with Crippen molar-refractivity contribution in [3.8, 4) is 18.1 Å². The summed E-state index contributed by atoms with van der Waals surface area (Å²) in [7, 11) is 9.50. The quantitative estimate of drug-likeness (QED) is 0.0996. The van der Waals surface area contributed by atoms with Crippen LogP contribution in [0.25, 0.3) is 0 Å². The van der Waals surface area contributed by atoms with E-state index in [1.165, 1.54) is 40.7 Å². The summed E-state index contributed by atoms with van der Waals surface area (Å²) in [6.45, 7) is 13.5. The van der Waals surface area contributed by atoms with Crippen LogP contribution in [0.4, 0.5) is 0 Å². The molecule has 2 fully saturated rings. The number of carbonyl (C=O) groups is 7. The van der Waals surface area contributed by atoms with E-state index in [-0.39, 0.29) is 55.0 Å². The average molecular weight is 989 g/mol. The Hall–Kier alpha value is -5.50. The number of likely N-dealkylation sites (tertiary alicyclic amines) is 2. The van der Waals surface area contributed by atoms with Crippen LogP contribution in [-0.4, -0.2) is 172 Å². The lowest BCUT2D eigenvalue weighted by Gasteiger charge is -2.41. The topological polar surface area (TPSA) is 164 Å². The third kappa shape index (κ3) is 13.5. The van der Waals surface area contributed by atoms with Crippen LogP contribution in [0.3, 0.4) is 0 Å². The van der Waals surface area contributed by atoms with E-state index in [1.807, 2.05) is 76.1 Å². The second-order valence-corrected chi connectivity index (χ2v) is 21.1. The van der Waals surface area contributed by atoms with Crippen LogP contribution < -0.4 is 4.74 Å². The van der Waals surface area contributed by atoms with Crippen molar-refractivity contribution in [1.82, 2.24) is 39.3 Å². The molecule has 1 aromatic heterocycles. The second-order valence-electron chi connectivity index (χ2n) is 20.1. The molecule has 0 bridgehead atoms. The second kappa shape index (κ2) is 26.1. The van der Waals surface area contributed by atoms with Crippen molar-refractivity contribution in [2.75, 3.05) is 55.4 Å². The van der Waals surface area contributed by atoms with E-state index >= 15 is 0 Å². The summed E-state index contributed by atoms with van der Waals surface area (Å²) in [5.41, 5.74) is 0.833. The lowest BCUT2D eigenvalue weighted by Crippen LogP contribution is -2.62. The van der Waals surface area contributed by atoms with Crippen molar-refractivity contribution >= 4 is 52.7 Å². The highest BCUT2D eigenvalue weighted by atomic mass is 32.1. The van der Waals surface area contributed by atoms with Gasteiger partial charge in [-0.2, -0.15) is 0 Å². The van der Waals surface area contributed by atoms with E-state index in [9.17, 15) is 33.6 Å². The van der Waals surface area contributed by atoms with Crippen molar-refractivity contribution in [3.05, 3.63) is 46.4 Å². The smallest absolute Gasteiger partial charge is 0.246 e. The van der Waals surface area contributed by atoms with E-state index in [2.05, 4.69) is 10.9 Å². The first-order valence-electron chi connectivity index (χ1n) is 25.0. The van der Waals surface area contributed by atoms with E-state index in [0.717, 1.165) is 36.3 Å². The molecular weight excluding hydrogens is 909 g/mol. The lowest BCUT2D eigenvalue weighted by atomic mass is 9.95. The summed E-state index contributed by atoms with van der Waals surface area (Å²) >= 11 is 1.50. The van der Waals surface area contributed by atoms with Crippen LogP contribution in [-0.2, 0) is 40.0 Å². The number of carbonyl (C=O) groups excluding carboxylic acids is 7. The molecular formula is C53H80N8O8S. The largest absolute Gasteiger partial charge is 0.497 e. The maximum Gasteiger partial charge on any atom is 0.246 e. The first-order valence-corrected chi connectivity index (χ1v) is 25.9. The fourth-order valence-corrected chi connectivity index (χ4v) is 10.9. The average Bonchev–Trinajstić information content (AvgIpc) is 4.15. The molecule has 1 aromatic carbocycles. The summed E-state index contributed by atoms with van der Waals surface area (Å²) < 4.78 is 5.38. The predicted octanol–water partition coefficient (Wildman–Crippen LogP) is 5.76. The summed E-state index contributed by atoms with van der Waals surface area (Å²) in [6.07, 6.45) is 13.0. The van der Waals surface area contributed by atoms with E-state index in [4.69, 9.17) is 11.2 Å². The molecule has 0 spiro atoms. The number of nitrogens with zero attached hydrogens (tertiary/aromatic N) is 8. The summed E-state index contributed by atoms with van der Waals surface area (Å²) in [6, 6.07) is 1.64. The molecule has 386 valence electrons. The van der Waals surface area contributed by atoms with Gasteiger partial charge < -0.3 is 39.0 Å². The van der Waals surface area contributed by atoms with Crippen LogP contribution in [0.15, 0.2) is 35.8 Å². The van der Waals surface area contributed by atoms with Crippen LogP contribution >= 0.6 is 11.3 Å². The molecule has 0 N–H and O–H groups in total. The lowest BCUT2D eigenvalue weighted by molar-refractivity contribution is -0.158. The van der Waals surface area contributed by atoms with Gasteiger partial charge in [0.05, 0.1) is 13.2 Å². The number of unbranched alkanes of at least 4 members (excludes halogenated alkanes) is 3. The molecule has 0 saturated carbocycles. The minimum Gasteiger partial charge on any atom is -0.497 e. The Bertz CT molecular complexity index is 2140. The standard InChI is InChI=1S/C53H80N8O8S/c1-15-16-17-18-19-24-43(62)55(9)37(8)48(63)57(11)46(36(6)7)53(68)61-31-21-23-41(61)49(64)58(12)45(35(4)5)52(67)59(13)44(34(2)3)51(66)56(10)42(33-38-25-27-39(69-14)28-26-38)50(65)60-30-20-22-40(60)47-54-29-32-70-47/h1,25-29,32,34-37,40-42,44-46H,16-24,30-31,33H2,2-14H3/t37-,40-,41-,42-,44-,45-,46-/m0/s1. The van der Waals surface area contributed by atoms with Crippen molar-refractivity contribution in [1.29, 1.82) is 0 Å². The molecule has 0 unspecified atom stereocenters. The molecule has 0 radical (unpaired) electrons. The number of terminal acetylenes is 1. The Morgan fingerprint density at radius 3 is 1.86 bits per heavy atom. The highest BCUT2D eigenvalue weighted by Crippen LogP contribution is 2.35. The SMILES string of the molecule is C#CCCCCCC(=O)N(C)[C@@H](C)C(=O)N(C)[C@H](C(=O)N1CCC[C@H]1C(=O)N(C)[C@H](C(=O)N(C)[C@H](C(=O)N(C)[C@@H](Cc1ccc(OC)cc1)C(=O)N1CCC[C@H]1c1nccs1)C(C)C)C(C)C)C(C)C. The summed E-state index contributed by atoms with van der Waals surface area (Å²) in [5, 5.41) is 2.74. The maximum absolute atomic E-state index is 15.0. The molecule has 0 aliphatic carbocycles. The van der Waals surface area contributed by atoms with Gasteiger partial charge in [0.2, 0.25) is 41.4 Å². The number of amides is 7. The predicted molar refractivity (Wildman–Crippen MR) is 272 cm³/mol. The van der Waals surface area contributed by atoms with Crippen molar-refractivity contribution in [2.45, 2.75) is 155 Å². The Morgan fingerprint density at radius 2 is 1.29 bits per heavy atom. The number of likely N-dealkylation sites (N-methyl/N-ethyl adjacent to an activating group) is 5. The van der Waals surface area contributed by atoms with Gasteiger partial charge >= 0.3 is 0 Å². The number of hydrogen-bond acceptors (Lipinski definition) is 10. The number of thiazole rings is 1. The van der Waals surface area contributed by atoms with Gasteiger partial charge in [-0.25, -0.2) is 4.98 Å². The minimum atomic E-state index is -1.01. The first kappa shape index (κ1) is 57.1. The number of ether oxygens (including phenoxy) is 1. The van der Waals surface area contributed by atoms with Gasteiger partial charge in [0, 0.05) is 79.2 Å². The van der Waals surface area contributed by atoms with E-state index in [1.54, 1.807) is 55.5 Å². The van der Waals surface area contributed by atoms with Gasteiger partial charge in [-0.1, -0.05) is 60.1 Å². The maximum atomic E-state index is 15.0. The van der Waals surface area contributed by atoms with Crippen molar-refractivity contribution in [3.63, 3.8) is 0 Å². The van der Waals surface area contributed by atoms with Gasteiger partial charge in [0.25, 0.3) is 0 Å². The zero-order valence-electron chi connectivity index (χ0n) is 44.1. The zero-order chi connectivity index (χ0) is 52.1. The van der Waals surface area contributed by atoms with Gasteiger partial charge in [0.15, 0.2) is 0 Å². The number of methoxy groups -OCH3 is 1. The molecule has 2 aromatic rings. The molecule has 7 amide bonds. The Morgan fingerprint density at radius 1 is 0.714 bits per heavy atom. The molecule has 3 heterocycles. The molecule has 2 aliphatic rings. The molecule has 70 heavy (non-hydrogen) atoms. The monoisotopic (exact) mass is 989 g/mol. The molecule has 2 saturated heterocycles. The van der Waals surface area contributed by atoms with Gasteiger partial charge in [0.1, 0.15) is 47.0 Å². The normalized spacial score (nSPS) is 17.9. The fourth-order valence-electron chi connectivity index (χ4n) is 10.2. The minimum absolute atomic E-state index is 0.172. The van der Waals surface area contributed by atoms with Crippen LogP contribution in [0.5, 0.6) is 5.75 Å². The third-order valence-electron chi connectivity index (χ3n) is 14.3. The van der Waals surface area contributed by atoms with E-state index < -0.39 is 65.8 Å². The van der Waals surface area contributed by atoms with Crippen LogP contribution in [0.2, 0.25) is 0 Å². The number of hydrogen-bond donors (Lipinski definition) is 0. The Labute approximate surface area is 421 Å². The fraction of sp³-hybridized carbons (Fsp3) is 0.660. The molecule has 17 heteroatoms. The van der Waals surface area contributed by atoms with E-state index in [0.29, 0.717) is 38.0 Å².